The van der Waals surface area contributed by atoms with Gasteiger partial charge in [0.05, 0.1) is 5.71 Å². The van der Waals surface area contributed by atoms with Crippen LogP contribution >= 0.6 is 0 Å². The van der Waals surface area contributed by atoms with E-state index in [-0.39, 0.29) is 5.92 Å². The summed E-state index contributed by atoms with van der Waals surface area (Å²) in [7, 11) is 1.54. The minimum Gasteiger partial charge on any atom is -0.323 e. The third kappa shape index (κ3) is 2.84. The SMILES string of the molecule is CCC(C)/C(=N/N)C(F)NC. The van der Waals surface area contributed by atoms with E-state index in [9.17, 15) is 4.39 Å². The summed E-state index contributed by atoms with van der Waals surface area (Å²) in [4.78, 5) is 0. The molecule has 4 heteroatoms. The van der Waals surface area contributed by atoms with Crippen LogP contribution in [0, 0.1) is 5.92 Å². The molecule has 0 amide bonds. The number of hydrazone groups is 1. The molecule has 0 bridgehead atoms. The highest BCUT2D eigenvalue weighted by Crippen LogP contribution is 2.07. The molecule has 0 aromatic heterocycles. The van der Waals surface area contributed by atoms with Gasteiger partial charge < -0.3 is 5.84 Å². The van der Waals surface area contributed by atoms with E-state index < -0.39 is 6.30 Å². The van der Waals surface area contributed by atoms with Crippen LogP contribution in [-0.2, 0) is 0 Å². The molecule has 11 heavy (non-hydrogen) atoms. The summed E-state index contributed by atoms with van der Waals surface area (Å²) < 4.78 is 12.9. The molecule has 0 aliphatic carbocycles. The fraction of sp³-hybridized carbons (Fsp3) is 0.857. The summed E-state index contributed by atoms with van der Waals surface area (Å²) in [5.74, 6) is 5.13. The van der Waals surface area contributed by atoms with Crippen LogP contribution < -0.4 is 11.2 Å². The van der Waals surface area contributed by atoms with Gasteiger partial charge in [0.25, 0.3) is 0 Å². The van der Waals surface area contributed by atoms with Crippen LogP contribution in [-0.4, -0.2) is 19.1 Å². The van der Waals surface area contributed by atoms with Crippen molar-refractivity contribution in [1.29, 1.82) is 0 Å². The van der Waals surface area contributed by atoms with Crippen LogP contribution in [0.4, 0.5) is 4.39 Å². The summed E-state index contributed by atoms with van der Waals surface area (Å²) in [6.07, 6.45) is -0.368. The van der Waals surface area contributed by atoms with Crippen molar-refractivity contribution in [2.75, 3.05) is 7.05 Å². The first-order valence-electron chi connectivity index (χ1n) is 3.76. The Morgan fingerprint density at radius 3 is 2.55 bits per heavy atom. The predicted molar refractivity (Wildman–Crippen MR) is 45.0 cm³/mol. The van der Waals surface area contributed by atoms with E-state index in [0.29, 0.717) is 5.71 Å². The van der Waals surface area contributed by atoms with Gasteiger partial charge >= 0.3 is 0 Å². The number of nitrogens with one attached hydrogen (secondary N) is 1. The van der Waals surface area contributed by atoms with E-state index in [2.05, 4.69) is 10.4 Å². The van der Waals surface area contributed by atoms with Crippen LogP contribution in [0.5, 0.6) is 0 Å². The van der Waals surface area contributed by atoms with Crippen molar-refractivity contribution in [2.45, 2.75) is 26.6 Å². The van der Waals surface area contributed by atoms with Gasteiger partial charge in [0, 0.05) is 5.92 Å². The summed E-state index contributed by atoms with van der Waals surface area (Å²) in [6.45, 7) is 3.87. The summed E-state index contributed by atoms with van der Waals surface area (Å²) in [5, 5.41) is 5.86. The van der Waals surface area contributed by atoms with Crippen molar-refractivity contribution in [3.05, 3.63) is 0 Å². The molecule has 0 saturated heterocycles. The quantitative estimate of drug-likeness (QED) is 0.278. The number of nitrogens with zero attached hydrogens (tertiary/aromatic N) is 1. The minimum atomic E-state index is -1.21. The van der Waals surface area contributed by atoms with E-state index in [1.807, 2.05) is 13.8 Å². The maximum Gasteiger partial charge on any atom is 0.191 e. The molecule has 0 saturated carbocycles. The highest BCUT2D eigenvalue weighted by molar-refractivity contribution is 5.89. The van der Waals surface area contributed by atoms with Gasteiger partial charge in [0.2, 0.25) is 0 Å². The van der Waals surface area contributed by atoms with Crippen LogP contribution in [0.15, 0.2) is 5.10 Å². The van der Waals surface area contributed by atoms with Gasteiger partial charge in [-0.15, -0.1) is 0 Å². The monoisotopic (exact) mass is 161 g/mol. The average Bonchev–Trinajstić information content (AvgIpc) is 2.05. The van der Waals surface area contributed by atoms with Crippen molar-refractivity contribution in [1.82, 2.24) is 5.32 Å². The Morgan fingerprint density at radius 2 is 2.27 bits per heavy atom. The third-order valence-electron chi connectivity index (χ3n) is 1.78. The first-order chi connectivity index (χ1) is 5.17. The first kappa shape index (κ1) is 10.4. The fourth-order valence-electron chi connectivity index (χ4n) is 0.799. The lowest BCUT2D eigenvalue weighted by molar-refractivity contribution is 0.365. The molecule has 0 aliphatic heterocycles. The molecule has 0 spiro atoms. The predicted octanol–water partition coefficient (Wildman–Crippen LogP) is 0.862. The smallest absolute Gasteiger partial charge is 0.191 e. The maximum absolute atomic E-state index is 12.9. The second-order valence-corrected chi connectivity index (χ2v) is 2.51. The Balaban J connectivity index is 4.17. The fourth-order valence-corrected chi connectivity index (χ4v) is 0.799. The number of hydrogen-bond donors (Lipinski definition) is 2. The van der Waals surface area contributed by atoms with Crippen LogP contribution in [0.2, 0.25) is 0 Å². The zero-order valence-corrected chi connectivity index (χ0v) is 7.26. The highest BCUT2D eigenvalue weighted by atomic mass is 19.1. The van der Waals surface area contributed by atoms with Crippen molar-refractivity contribution in [2.24, 2.45) is 16.9 Å². The number of hydrogen-bond acceptors (Lipinski definition) is 3. The Morgan fingerprint density at radius 1 is 1.73 bits per heavy atom. The molecule has 0 aromatic rings. The topological polar surface area (TPSA) is 50.4 Å². The Hall–Kier alpha value is -0.640. The zero-order chi connectivity index (χ0) is 8.85. The molecule has 66 valence electrons. The minimum absolute atomic E-state index is 0.0995. The lowest BCUT2D eigenvalue weighted by Gasteiger charge is -2.14. The molecule has 0 rings (SSSR count). The second-order valence-electron chi connectivity index (χ2n) is 2.51. The van der Waals surface area contributed by atoms with Gasteiger partial charge in [-0.3, -0.25) is 5.32 Å². The van der Waals surface area contributed by atoms with Crippen molar-refractivity contribution in [3.8, 4) is 0 Å². The lowest BCUT2D eigenvalue weighted by Crippen LogP contribution is -2.34. The van der Waals surface area contributed by atoms with E-state index in [1.54, 1.807) is 0 Å². The van der Waals surface area contributed by atoms with Gasteiger partial charge in [-0.2, -0.15) is 5.10 Å². The van der Waals surface area contributed by atoms with E-state index >= 15 is 0 Å². The normalized spacial score (nSPS) is 18.0. The Kier molecular flexibility index (Phi) is 4.77. The van der Waals surface area contributed by atoms with Crippen molar-refractivity contribution < 1.29 is 4.39 Å². The standard InChI is InChI=1S/C7H16FN3/c1-4-5(2)6(11-9)7(8)10-3/h5,7,10H,4,9H2,1-3H3/b11-6-. The number of alkyl halides is 1. The average molecular weight is 161 g/mol. The van der Waals surface area contributed by atoms with E-state index in [1.165, 1.54) is 7.05 Å². The van der Waals surface area contributed by atoms with Crippen molar-refractivity contribution >= 4 is 5.71 Å². The van der Waals surface area contributed by atoms with Gasteiger partial charge in [0.15, 0.2) is 6.30 Å². The summed E-state index contributed by atoms with van der Waals surface area (Å²) in [5.41, 5.74) is 0.384. The molecular weight excluding hydrogens is 145 g/mol. The van der Waals surface area contributed by atoms with Crippen LogP contribution in [0.3, 0.4) is 0 Å². The Labute approximate surface area is 66.8 Å². The van der Waals surface area contributed by atoms with Crippen molar-refractivity contribution in [3.63, 3.8) is 0 Å². The van der Waals surface area contributed by atoms with Crippen LogP contribution in [0.25, 0.3) is 0 Å². The first-order valence-corrected chi connectivity index (χ1v) is 3.76. The van der Waals surface area contributed by atoms with Crippen LogP contribution in [0.1, 0.15) is 20.3 Å². The van der Waals surface area contributed by atoms with E-state index in [4.69, 9.17) is 5.84 Å². The molecular formula is C7H16FN3. The van der Waals surface area contributed by atoms with Gasteiger partial charge in [-0.25, -0.2) is 4.39 Å². The second kappa shape index (κ2) is 5.07. The van der Waals surface area contributed by atoms with Gasteiger partial charge in [0.1, 0.15) is 0 Å². The lowest BCUT2D eigenvalue weighted by atomic mass is 10.0. The number of nitrogens with two attached hydrogens (primary N) is 1. The molecule has 0 radical (unpaired) electrons. The Bertz CT molecular complexity index is 124. The molecule has 3 N–H and O–H groups in total. The number of halogens is 1. The summed E-state index contributed by atoms with van der Waals surface area (Å²) >= 11 is 0. The maximum atomic E-state index is 12.9. The third-order valence-corrected chi connectivity index (χ3v) is 1.78. The van der Waals surface area contributed by atoms with Gasteiger partial charge in [-0.05, 0) is 13.5 Å². The highest BCUT2D eigenvalue weighted by Gasteiger charge is 2.17. The summed E-state index contributed by atoms with van der Waals surface area (Å²) in [6, 6.07) is 0. The molecule has 2 atom stereocenters. The molecule has 2 unspecified atom stereocenters. The largest absolute Gasteiger partial charge is 0.323 e. The number of rotatable bonds is 4. The zero-order valence-electron chi connectivity index (χ0n) is 7.26. The molecule has 0 heterocycles. The molecule has 3 nitrogen and oxygen atoms in total. The van der Waals surface area contributed by atoms with E-state index in [0.717, 1.165) is 6.42 Å². The molecule has 0 aromatic carbocycles. The molecule has 0 aliphatic rings. The molecule has 0 fully saturated rings. The van der Waals surface area contributed by atoms with Gasteiger partial charge in [-0.1, -0.05) is 13.8 Å².